The smallest absolute Gasteiger partial charge is 0.358 e. The van der Waals surface area contributed by atoms with Gasteiger partial charge >= 0.3 is 42.1 Å². The fourth-order valence-electron chi connectivity index (χ4n) is 10.2. The van der Waals surface area contributed by atoms with Crippen LogP contribution in [-0.4, -0.2) is 33.6 Å². The number of para-hydroxylation sites is 4. The number of hydrogen-bond acceptors (Lipinski definition) is 6. The van der Waals surface area contributed by atoms with E-state index in [1.54, 1.807) is 12.4 Å². The van der Waals surface area contributed by atoms with E-state index in [9.17, 15) is 0 Å². The molecule has 0 saturated heterocycles. The van der Waals surface area contributed by atoms with E-state index in [0.717, 1.165) is 111 Å². The van der Waals surface area contributed by atoms with Crippen molar-refractivity contribution in [1.29, 1.82) is 0 Å². The Kier molecular flexibility index (Phi) is 11.8. The average molecular weight is 1300 g/mol. The maximum atomic E-state index is 4.84. The normalized spacial score (nSPS) is 11.3. The quantitative estimate of drug-likeness (QED) is 0.134. The van der Waals surface area contributed by atoms with Gasteiger partial charge in [0.1, 0.15) is 11.6 Å². The summed E-state index contributed by atoms with van der Waals surface area (Å²) in [6.07, 6.45) is 7.21. The van der Waals surface area contributed by atoms with Crippen LogP contribution in [0.3, 0.4) is 0 Å². The molecule has 0 N–H and O–H groups in total. The monoisotopic (exact) mass is 1300 g/mol. The fraction of sp³-hybridized carbons (Fsp3) is 0. The van der Waals surface area contributed by atoms with Crippen molar-refractivity contribution < 1.29 is 42.1 Å². The van der Waals surface area contributed by atoms with Crippen LogP contribution in [-0.2, 0) is 42.1 Å². The molecule has 11 heteroatoms. The summed E-state index contributed by atoms with van der Waals surface area (Å²) in [5.74, 6) is 2.16. The van der Waals surface area contributed by atoms with Gasteiger partial charge in [-0.05, 0) is 77.5 Å². The van der Waals surface area contributed by atoms with Crippen molar-refractivity contribution in [3.05, 3.63) is 249 Å². The molecule has 0 saturated carbocycles. The Morgan fingerprint density at radius 1 is 0.288 bits per heavy atom. The van der Waals surface area contributed by atoms with Gasteiger partial charge in [-0.15, -0.1) is 59.3 Å². The second kappa shape index (κ2) is 18.9. The third-order valence-electron chi connectivity index (χ3n) is 13.2. The van der Waals surface area contributed by atoms with Gasteiger partial charge in [0.05, 0.1) is 0 Å². The van der Waals surface area contributed by atoms with Gasteiger partial charge in [0.2, 0.25) is 5.95 Å². The van der Waals surface area contributed by atoms with Crippen molar-refractivity contribution in [3.8, 4) is 17.6 Å². The number of anilines is 6. The van der Waals surface area contributed by atoms with Crippen LogP contribution in [0.2, 0.25) is 0 Å². The number of benzene rings is 8. The van der Waals surface area contributed by atoms with Gasteiger partial charge < -0.3 is 23.5 Å². The Hall–Kier alpha value is -8.48. The fourth-order valence-corrected chi connectivity index (χ4v) is 10.2. The minimum absolute atomic E-state index is 0. The topological polar surface area (TPSA) is 72.8 Å². The summed E-state index contributed by atoms with van der Waals surface area (Å²) < 4.78 is 6.45. The zero-order valence-electron chi connectivity index (χ0n) is 38.5. The Morgan fingerprint density at radius 2 is 0.630 bits per heavy atom. The Bertz CT molecular complexity index is 4040. The summed E-state index contributed by atoms with van der Waals surface area (Å²) in [6.45, 7) is 0. The predicted octanol–water partition coefficient (Wildman–Crippen LogP) is 14.7. The van der Waals surface area contributed by atoms with Crippen molar-refractivity contribution in [3.63, 3.8) is 0 Å². The van der Waals surface area contributed by atoms with E-state index in [1.807, 2.05) is 67.0 Å². The van der Waals surface area contributed by atoms with Crippen molar-refractivity contribution in [1.82, 2.24) is 33.6 Å². The van der Waals surface area contributed by atoms with Crippen LogP contribution >= 0.6 is 0 Å². The molecule has 14 rings (SSSR count). The molecule has 0 unspecified atom stereocenters. The van der Waals surface area contributed by atoms with Gasteiger partial charge in [-0.1, -0.05) is 130 Å². The van der Waals surface area contributed by atoms with Crippen LogP contribution in [0.25, 0.3) is 83.0 Å². The molecular weight excluding hydrogens is 1260 g/mol. The van der Waals surface area contributed by atoms with E-state index in [-0.39, 0.29) is 42.1 Å². The molecule has 0 aliphatic carbocycles. The molecule has 0 atom stereocenters. The summed E-state index contributed by atoms with van der Waals surface area (Å²) in [5, 5.41) is 6.42. The number of hydrogen-bond donors (Lipinski definition) is 0. The SMILES string of the molecule is [Pt+2].[Pt+2].[c-]1c(N(c2[c-]c3c(cc2)c2ccccc2n3-c2ccccn2)c2ccccc2)ccc2c3ccc(N(c4[c-]c5c(cc4)c4ccccc4n5-c4ccccn4)c4ccccc4)[c-]c3n(-c3ncccn3)c12. The third kappa shape index (κ3) is 7.63. The summed E-state index contributed by atoms with van der Waals surface area (Å²) in [4.78, 5) is 23.7. The van der Waals surface area contributed by atoms with Gasteiger partial charge in [0.25, 0.3) is 0 Å². The number of pyridine rings is 2. The molecule has 73 heavy (non-hydrogen) atoms. The van der Waals surface area contributed by atoms with Gasteiger partial charge in [0.15, 0.2) is 0 Å². The third-order valence-corrected chi connectivity index (χ3v) is 13.2. The zero-order chi connectivity index (χ0) is 46.8. The maximum Gasteiger partial charge on any atom is 2.00 e. The molecule has 8 aromatic carbocycles. The average Bonchev–Trinajstić information content (AvgIpc) is 4.07. The van der Waals surface area contributed by atoms with Crippen LogP contribution in [0.1, 0.15) is 0 Å². The maximum absolute atomic E-state index is 4.84. The van der Waals surface area contributed by atoms with E-state index in [4.69, 9.17) is 19.9 Å². The molecule has 6 aromatic heterocycles. The van der Waals surface area contributed by atoms with Gasteiger partial charge in [-0.2, -0.15) is 35.0 Å². The standard InChI is InChI=1S/C62H37N9.2Pt/c1-3-16-42(17-4-1)67(44-26-30-50-48-20-7-9-22-54(48)69(56(50)38-44)60-24-11-13-34-63-60)46-28-32-52-53-33-29-47(41-59(53)71(58(52)40-46)62-65-36-15-37-66-62)68(43-18-5-2-6-19-43)45-27-31-51-49-21-8-10-23-55(49)70(57(51)39-45)61-25-12-14-35-64-61;;/h1-37H;;/q-4;2*+2. The first-order chi connectivity index (χ1) is 35.2. The predicted molar refractivity (Wildman–Crippen MR) is 285 cm³/mol. The van der Waals surface area contributed by atoms with Crippen LogP contribution < -0.4 is 9.80 Å². The number of fused-ring (bicyclic) bond motifs is 9. The van der Waals surface area contributed by atoms with Crippen molar-refractivity contribution in [2.75, 3.05) is 9.80 Å². The molecule has 0 radical (unpaired) electrons. The molecule has 9 nitrogen and oxygen atoms in total. The molecular formula is C62H37N9Pt2. The van der Waals surface area contributed by atoms with Gasteiger partial charge in [-0.3, -0.25) is 0 Å². The largest absolute Gasteiger partial charge is 2.00 e. The molecule has 0 fully saturated rings. The van der Waals surface area contributed by atoms with E-state index in [2.05, 4.69) is 193 Å². The molecule has 0 amide bonds. The minimum atomic E-state index is 0. The van der Waals surface area contributed by atoms with Gasteiger partial charge in [-0.25, -0.2) is 19.9 Å². The van der Waals surface area contributed by atoms with E-state index in [0.29, 0.717) is 5.95 Å². The number of aromatic nitrogens is 7. The van der Waals surface area contributed by atoms with E-state index >= 15 is 0 Å². The van der Waals surface area contributed by atoms with Crippen LogP contribution in [0, 0.1) is 24.3 Å². The summed E-state index contributed by atoms with van der Waals surface area (Å²) in [7, 11) is 0. The number of rotatable bonds is 9. The van der Waals surface area contributed by atoms with Crippen molar-refractivity contribution in [2.45, 2.75) is 0 Å². The van der Waals surface area contributed by atoms with Gasteiger partial charge in [0, 0.05) is 47.2 Å². The number of nitrogens with zero attached hydrogens (tertiary/aromatic N) is 9. The molecule has 6 heterocycles. The zero-order valence-corrected chi connectivity index (χ0v) is 43.1. The van der Waals surface area contributed by atoms with Crippen LogP contribution in [0.5, 0.6) is 0 Å². The molecule has 0 spiro atoms. The molecule has 0 bridgehead atoms. The second-order valence-corrected chi connectivity index (χ2v) is 17.2. The van der Waals surface area contributed by atoms with Crippen molar-refractivity contribution >= 4 is 99.5 Å². The Morgan fingerprint density at radius 3 is 1.03 bits per heavy atom. The molecule has 0 aliphatic rings. The Labute approximate surface area is 448 Å². The summed E-state index contributed by atoms with van der Waals surface area (Å²) in [5.41, 5.74) is 10.8. The van der Waals surface area contributed by atoms with E-state index in [1.165, 1.54) is 0 Å². The minimum Gasteiger partial charge on any atom is -0.358 e. The first kappa shape index (κ1) is 45.6. The van der Waals surface area contributed by atoms with Crippen LogP contribution in [0.15, 0.2) is 225 Å². The summed E-state index contributed by atoms with van der Waals surface area (Å²) >= 11 is 0. The molecule has 0 aliphatic heterocycles. The van der Waals surface area contributed by atoms with E-state index < -0.39 is 0 Å². The Balaban J connectivity index is 0.00000271. The first-order valence-corrected chi connectivity index (χ1v) is 23.4. The second-order valence-electron chi connectivity index (χ2n) is 17.2. The van der Waals surface area contributed by atoms with Crippen LogP contribution in [0.4, 0.5) is 34.1 Å². The summed E-state index contributed by atoms with van der Waals surface area (Å²) in [6, 6.07) is 84.2. The molecule has 350 valence electrons. The molecule has 14 aromatic rings. The first-order valence-electron chi connectivity index (χ1n) is 23.4. The van der Waals surface area contributed by atoms with Crippen molar-refractivity contribution in [2.24, 2.45) is 0 Å².